The third-order valence-corrected chi connectivity index (χ3v) is 3.41. The Kier molecular flexibility index (Phi) is 5.90. The van der Waals surface area contributed by atoms with E-state index in [-0.39, 0.29) is 0 Å². The van der Waals surface area contributed by atoms with Crippen LogP contribution >= 0.6 is 0 Å². The van der Waals surface area contributed by atoms with E-state index in [0.717, 1.165) is 28.5 Å². The van der Waals surface area contributed by atoms with Gasteiger partial charge < -0.3 is 20.5 Å². The molecule has 136 valence electrons. The van der Waals surface area contributed by atoms with Gasteiger partial charge in [-0.1, -0.05) is 32.0 Å². The number of carboxylic acids is 2. The second-order valence-electron chi connectivity index (χ2n) is 6.01. The number of hydrogen-bond donors (Lipinski definition) is 3. The summed E-state index contributed by atoms with van der Waals surface area (Å²) in [4.78, 5) is 27.9. The minimum atomic E-state index is -1.26. The van der Waals surface area contributed by atoms with Gasteiger partial charge in [0.1, 0.15) is 5.52 Å². The van der Waals surface area contributed by atoms with Crippen molar-refractivity contribution in [3.05, 3.63) is 42.7 Å². The molecule has 0 unspecified atom stereocenters. The minimum absolute atomic E-state index is 0.506. The van der Waals surface area contributed by atoms with E-state index in [0.29, 0.717) is 23.9 Å². The summed E-state index contributed by atoms with van der Waals surface area (Å²) in [6.45, 7) is 5.32. The third-order valence-electron chi connectivity index (χ3n) is 3.41. The maximum atomic E-state index is 9.55. The molecule has 0 fully saturated rings. The zero-order valence-corrected chi connectivity index (χ0v) is 14.5. The van der Waals surface area contributed by atoms with Crippen LogP contribution in [0.15, 0.2) is 42.7 Å². The molecule has 0 saturated carbocycles. The first-order valence-corrected chi connectivity index (χ1v) is 7.92. The molecule has 2 heterocycles. The zero-order valence-electron chi connectivity index (χ0n) is 14.5. The molecule has 0 spiro atoms. The van der Waals surface area contributed by atoms with Crippen LogP contribution in [0.1, 0.15) is 13.8 Å². The molecule has 26 heavy (non-hydrogen) atoms. The Morgan fingerprint density at radius 1 is 1.19 bits per heavy atom. The van der Waals surface area contributed by atoms with Crippen molar-refractivity contribution >= 4 is 39.7 Å². The predicted molar refractivity (Wildman–Crippen MR) is 98.7 cm³/mol. The summed E-state index contributed by atoms with van der Waals surface area (Å²) < 4.78 is 2.17. The van der Waals surface area contributed by atoms with E-state index in [1.54, 1.807) is 0 Å². The topological polar surface area (TPSA) is 131 Å². The summed E-state index contributed by atoms with van der Waals surface area (Å²) in [6, 6.07) is 8.05. The average Bonchev–Trinajstić information content (AvgIpc) is 2.98. The first kappa shape index (κ1) is 18.9. The van der Waals surface area contributed by atoms with Gasteiger partial charge in [0.25, 0.3) is 0 Å². The number of aromatic nitrogens is 3. The van der Waals surface area contributed by atoms with Crippen LogP contribution in [0.3, 0.4) is 0 Å². The van der Waals surface area contributed by atoms with Gasteiger partial charge in [0.15, 0.2) is 5.82 Å². The Balaban J connectivity index is 0.000000260. The number of nitrogen functional groups attached to an aromatic ring is 1. The van der Waals surface area contributed by atoms with Gasteiger partial charge in [0.2, 0.25) is 0 Å². The van der Waals surface area contributed by atoms with Crippen LogP contribution in [-0.2, 0) is 16.1 Å². The largest absolute Gasteiger partial charge is 0.478 e. The summed E-state index contributed by atoms with van der Waals surface area (Å²) in [5, 5.41) is 16.7. The van der Waals surface area contributed by atoms with Gasteiger partial charge in [-0.2, -0.15) is 0 Å². The molecule has 0 atom stereocenters. The number of aliphatic carboxylic acids is 2. The summed E-state index contributed by atoms with van der Waals surface area (Å²) in [6.07, 6.45) is 2.97. The number of nitrogens with two attached hydrogens (primary N) is 1. The van der Waals surface area contributed by atoms with Gasteiger partial charge in [-0.05, 0) is 12.0 Å². The van der Waals surface area contributed by atoms with Crippen molar-refractivity contribution in [1.29, 1.82) is 0 Å². The lowest BCUT2D eigenvalue weighted by molar-refractivity contribution is -0.134. The van der Waals surface area contributed by atoms with Gasteiger partial charge in [-0.15, -0.1) is 0 Å². The molecule has 0 saturated heterocycles. The minimum Gasteiger partial charge on any atom is -0.478 e. The molecule has 0 amide bonds. The van der Waals surface area contributed by atoms with E-state index in [1.165, 1.54) is 0 Å². The number of rotatable bonds is 4. The van der Waals surface area contributed by atoms with Gasteiger partial charge >= 0.3 is 11.9 Å². The fourth-order valence-corrected chi connectivity index (χ4v) is 2.48. The van der Waals surface area contributed by atoms with Crippen LogP contribution in [0, 0.1) is 5.92 Å². The SMILES string of the molecule is CC(C)Cn1cnc2c(N)nc3ccccc3c21.O=C(O)/C=C\C(=O)O. The maximum Gasteiger partial charge on any atom is 0.328 e. The van der Waals surface area contributed by atoms with Crippen molar-refractivity contribution in [1.82, 2.24) is 14.5 Å². The number of fused-ring (bicyclic) bond motifs is 3. The van der Waals surface area contributed by atoms with Gasteiger partial charge in [0.05, 0.1) is 17.4 Å². The summed E-state index contributed by atoms with van der Waals surface area (Å²) in [5.41, 5.74) is 8.79. The van der Waals surface area contributed by atoms with Crippen LogP contribution in [-0.4, -0.2) is 36.7 Å². The van der Waals surface area contributed by atoms with E-state index in [1.807, 2.05) is 24.5 Å². The van der Waals surface area contributed by atoms with Gasteiger partial charge in [-0.25, -0.2) is 19.6 Å². The molecule has 3 rings (SSSR count). The zero-order chi connectivity index (χ0) is 19.3. The van der Waals surface area contributed by atoms with Gasteiger partial charge in [0, 0.05) is 24.1 Å². The van der Waals surface area contributed by atoms with Crippen molar-refractivity contribution in [2.24, 2.45) is 5.92 Å². The summed E-state index contributed by atoms with van der Waals surface area (Å²) in [5.74, 6) is -1.44. The molecule has 2 aromatic heterocycles. The molecule has 1 aromatic carbocycles. The fraction of sp³-hybridized carbons (Fsp3) is 0.222. The number of carbonyl (C=O) groups is 2. The van der Waals surface area contributed by atoms with E-state index < -0.39 is 11.9 Å². The standard InChI is InChI=1S/C14H16N4.C4H4O4/c1-9(2)7-18-8-16-12-13(18)10-5-3-4-6-11(10)17-14(12)15;5-3(6)1-2-4(7)8/h3-6,8-9H,7H2,1-2H3,(H2,15,17);1-2H,(H,5,6)(H,7,8)/b;2-1-. The molecule has 0 aliphatic rings. The third kappa shape index (κ3) is 4.56. The van der Waals surface area contributed by atoms with Crippen LogP contribution in [0.5, 0.6) is 0 Å². The first-order valence-electron chi connectivity index (χ1n) is 7.92. The van der Waals surface area contributed by atoms with E-state index in [4.69, 9.17) is 15.9 Å². The lowest BCUT2D eigenvalue weighted by atomic mass is 10.1. The van der Waals surface area contributed by atoms with Crippen molar-refractivity contribution in [3.8, 4) is 0 Å². The van der Waals surface area contributed by atoms with Crippen molar-refractivity contribution in [3.63, 3.8) is 0 Å². The molecule has 8 nitrogen and oxygen atoms in total. The Morgan fingerprint density at radius 2 is 1.81 bits per heavy atom. The fourth-order valence-electron chi connectivity index (χ4n) is 2.48. The second-order valence-corrected chi connectivity index (χ2v) is 6.01. The molecular weight excluding hydrogens is 336 g/mol. The molecule has 0 bridgehead atoms. The number of nitrogens with zero attached hydrogens (tertiary/aromatic N) is 3. The van der Waals surface area contributed by atoms with Crippen molar-refractivity contribution in [2.45, 2.75) is 20.4 Å². The smallest absolute Gasteiger partial charge is 0.328 e. The molecule has 0 radical (unpaired) electrons. The highest BCUT2D eigenvalue weighted by molar-refractivity contribution is 6.06. The number of para-hydroxylation sites is 1. The van der Waals surface area contributed by atoms with E-state index in [2.05, 4.69) is 34.4 Å². The number of benzene rings is 1. The molecule has 0 aliphatic heterocycles. The first-order chi connectivity index (χ1) is 12.3. The van der Waals surface area contributed by atoms with Crippen LogP contribution in [0.4, 0.5) is 5.82 Å². The number of hydrogen-bond acceptors (Lipinski definition) is 5. The quantitative estimate of drug-likeness (QED) is 0.612. The number of imidazole rings is 1. The maximum absolute atomic E-state index is 9.55. The number of anilines is 1. The molecule has 4 N–H and O–H groups in total. The molecule has 8 heteroatoms. The van der Waals surface area contributed by atoms with Crippen LogP contribution in [0.2, 0.25) is 0 Å². The van der Waals surface area contributed by atoms with Crippen molar-refractivity contribution in [2.75, 3.05) is 5.73 Å². The molecule has 3 aromatic rings. The number of carboxylic acid groups (broad SMARTS) is 2. The predicted octanol–water partition coefficient (Wildman–Crippen LogP) is 2.53. The molecular formula is C18H20N4O4. The summed E-state index contributed by atoms with van der Waals surface area (Å²) in [7, 11) is 0. The Hall–Kier alpha value is -3.42. The lowest BCUT2D eigenvalue weighted by Crippen LogP contribution is -2.03. The Labute approximate surface area is 149 Å². The average molecular weight is 356 g/mol. The highest BCUT2D eigenvalue weighted by atomic mass is 16.4. The van der Waals surface area contributed by atoms with Crippen LogP contribution < -0.4 is 5.73 Å². The Morgan fingerprint density at radius 3 is 2.38 bits per heavy atom. The molecule has 0 aliphatic carbocycles. The second kappa shape index (κ2) is 8.11. The van der Waals surface area contributed by atoms with Crippen LogP contribution in [0.25, 0.3) is 21.9 Å². The van der Waals surface area contributed by atoms with Gasteiger partial charge in [-0.3, -0.25) is 0 Å². The Bertz CT molecular complexity index is 960. The van der Waals surface area contributed by atoms with E-state index >= 15 is 0 Å². The normalized spacial score (nSPS) is 11.0. The monoisotopic (exact) mass is 356 g/mol. The van der Waals surface area contributed by atoms with Crippen molar-refractivity contribution < 1.29 is 19.8 Å². The lowest BCUT2D eigenvalue weighted by Gasteiger charge is -2.09. The highest BCUT2D eigenvalue weighted by Gasteiger charge is 2.12. The summed E-state index contributed by atoms with van der Waals surface area (Å²) >= 11 is 0. The highest BCUT2D eigenvalue weighted by Crippen LogP contribution is 2.27. The van der Waals surface area contributed by atoms with E-state index in [9.17, 15) is 9.59 Å². The number of pyridine rings is 1.